The summed E-state index contributed by atoms with van der Waals surface area (Å²) in [6.07, 6.45) is 0.140. The number of hydrogen-bond donors (Lipinski definition) is 4. The van der Waals surface area contributed by atoms with Crippen molar-refractivity contribution < 1.29 is 5.11 Å². The number of nitrogens with one attached hydrogen (secondary N) is 1. The largest absolute Gasteiger partial charge is 0.390 e. The molecule has 5 nitrogen and oxygen atoms in total. The van der Waals surface area contributed by atoms with Crippen LogP contribution in [-0.4, -0.2) is 21.5 Å². The Labute approximate surface area is 64.4 Å². The summed E-state index contributed by atoms with van der Waals surface area (Å²) >= 11 is 0. The van der Waals surface area contributed by atoms with Crippen molar-refractivity contribution in [3.63, 3.8) is 0 Å². The van der Waals surface area contributed by atoms with Gasteiger partial charge in [-0.2, -0.15) is 5.10 Å². The van der Waals surface area contributed by atoms with E-state index >= 15 is 0 Å². The Morgan fingerprint density at radius 3 is 2.82 bits per heavy atom. The number of nitrogens with two attached hydrogens (primary N) is 2. The van der Waals surface area contributed by atoms with Crippen LogP contribution in [0.25, 0.3) is 0 Å². The molecule has 0 spiro atoms. The highest BCUT2D eigenvalue weighted by Gasteiger charge is 2.02. The summed E-state index contributed by atoms with van der Waals surface area (Å²) in [6, 6.07) is 1.74. The second-order valence-electron chi connectivity index (χ2n) is 2.41. The number of H-pyrrole nitrogens is 1. The summed E-state index contributed by atoms with van der Waals surface area (Å²) < 4.78 is 0. The molecule has 1 aromatic heterocycles. The topological polar surface area (TPSA) is 101 Å². The number of nitrogens with zero attached hydrogens (tertiary/aromatic N) is 1. The van der Waals surface area contributed by atoms with Crippen molar-refractivity contribution >= 4 is 0 Å². The molecule has 1 rings (SSSR count). The van der Waals surface area contributed by atoms with Crippen LogP contribution >= 0.6 is 0 Å². The van der Waals surface area contributed by atoms with E-state index in [1.54, 1.807) is 6.07 Å². The Morgan fingerprint density at radius 2 is 2.36 bits per heavy atom. The van der Waals surface area contributed by atoms with Crippen LogP contribution in [0.3, 0.4) is 0 Å². The molecule has 11 heavy (non-hydrogen) atoms. The molecular weight excluding hydrogens is 144 g/mol. The molecule has 62 valence electrons. The zero-order chi connectivity index (χ0) is 8.27. The molecule has 0 aromatic carbocycles. The predicted molar refractivity (Wildman–Crippen MR) is 40.4 cm³/mol. The van der Waals surface area contributed by atoms with Crippen molar-refractivity contribution in [2.24, 2.45) is 11.5 Å². The van der Waals surface area contributed by atoms with Gasteiger partial charge in [0.15, 0.2) is 0 Å². The van der Waals surface area contributed by atoms with Crippen molar-refractivity contribution in [1.82, 2.24) is 10.2 Å². The van der Waals surface area contributed by atoms with Gasteiger partial charge in [-0.3, -0.25) is 5.10 Å². The fourth-order valence-electron chi connectivity index (χ4n) is 0.836. The summed E-state index contributed by atoms with van der Waals surface area (Å²) in [5.41, 5.74) is 12.1. The van der Waals surface area contributed by atoms with E-state index < -0.39 is 0 Å². The van der Waals surface area contributed by atoms with E-state index in [-0.39, 0.29) is 12.8 Å². The van der Waals surface area contributed by atoms with Crippen LogP contribution in [0.5, 0.6) is 0 Å². The van der Waals surface area contributed by atoms with Crippen LogP contribution in [0.1, 0.15) is 11.4 Å². The first-order chi connectivity index (χ1) is 5.22. The molecule has 0 saturated heterocycles. The zero-order valence-corrected chi connectivity index (χ0v) is 6.12. The SMILES string of the molecule is NC(N)Cc1cc(CO)[nH]n1. The maximum absolute atomic E-state index is 8.65. The maximum atomic E-state index is 8.65. The summed E-state index contributed by atoms with van der Waals surface area (Å²) in [5, 5.41) is 15.2. The third-order valence-corrected chi connectivity index (χ3v) is 1.30. The van der Waals surface area contributed by atoms with E-state index in [0.717, 1.165) is 5.69 Å². The van der Waals surface area contributed by atoms with Gasteiger partial charge in [0.25, 0.3) is 0 Å². The Morgan fingerprint density at radius 1 is 1.64 bits per heavy atom. The van der Waals surface area contributed by atoms with Crippen molar-refractivity contribution in [1.29, 1.82) is 0 Å². The lowest BCUT2D eigenvalue weighted by molar-refractivity contribution is 0.276. The molecule has 0 atom stereocenters. The molecule has 0 amide bonds. The molecule has 0 aliphatic heterocycles. The number of aromatic amines is 1. The first kappa shape index (κ1) is 8.19. The summed E-state index contributed by atoms with van der Waals surface area (Å²) in [4.78, 5) is 0. The van der Waals surface area contributed by atoms with Crippen LogP contribution in [0.4, 0.5) is 0 Å². The lowest BCUT2D eigenvalue weighted by Crippen LogP contribution is -2.32. The third-order valence-electron chi connectivity index (χ3n) is 1.30. The number of rotatable bonds is 3. The molecule has 1 aromatic rings. The minimum Gasteiger partial charge on any atom is -0.390 e. The summed E-state index contributed by atoms with van der Waals surface area (Å²) in [7, 11) is 0. The number of hydrogen-bond acceptors (Lipinski definition) is 4. The van der Waals surface area contributed by atoms with E-state index in [1.165, 1.54) is 0 Å². The van der Waals surface area contributed by atoms with Crippen LogP contribution in [-0.2, 0) is 13.0 Å². The quantitative estimate of drug-likeness (QED) is 0.408. The molecule has 0 fully saturated rings. The first-order valence-corrected chi connectivity index (χ1v) is 3.37. The number of aromatic nitrogens is 2. The van der Waals surface area contributed by atoms with E-state index in [1.807, 2.05) is 0 Å². The Bertz CT molecular complexity index is 220. The van der Waals surface area contributed by atoms with Gasteiger partial charge in [-0.15, -0.1) is 0 Å². The van der Waals surface area contributed by atoms with Gasteiger partial charge in [-0.1, -0.05) is 0 Å². The minimum absolute atomic E-state index is 0.0349. The van der Waals surface area contributed by atoms with Crippen molar-refractivity contribution in [3.05, 3.63) is 17.5 Å². The standard InChI is InChI=1S/C6H12N4O/c7-6(8)2-4-1-5(3-11)10-9-4/h1,6,11H,2-3,7-8H2,(H,9,10). The van der Waals surface area contributed by atoms with Gasteiger partial charge in [-0.25, -0.2) is 0 Å². The first-order valence-electron chi connectivity index (χ1n) is 3.37. The maximum Gasteiger partial charge on any atom is 0.0847 e. The van der Waals surface area contributed by atoms with Gasteiger partial charge >= 0.3 is 0 Å². The van der Waals surface area contributed by atoms with Gasteiger partial charge in [-0.05, 0) is 6.07 Å². The van der Waals surface area contributed by atoms with Gasteiger partial charge in [0.05, 0.1) is 24.2 Å². The van der Waals surface area contributed by atoms with Gasteiger partial charge in [0.2, 0.25) is 0 Å². The normalized spacial score (nSPS) is 10.9. The Hall–Kier alpha value is -0.910. The summed E-state index contributed by atoms with van der Waals surface area (Å²) in [6.45, 7) is -0.0349. The van der Waals surface area contributed by atoms with E-state index in [2.05, 4.69) is 10.2 Å². The average molecular weight is 156 g/mol. The molecule has 5 heteroatoms. The van der Waals surface area contributed by atoms with Gasteiger partial charge in [0, 0.05) is 6.42 Å². The Balaban J connectivity index is 2.58. The van der Waals surface area contributed by atoms with Gasteiger partial charge in [0.1, 0.15) is 0 Å². The van der Waals surface area contributed by atoms with Crippen LogP contribution < -0.4 is 11.5 Å². The minimum atomic E-state index is -0.384. The highest BCUT2D eigenvalue weighted by atomic mass is 16.3. The number of aliphatic hydroxyl groups excluding tert-OH is 1. The smallest absolute Gasteiger partial charge is 0.0847 e. The van der Waals surface area contributed by atoms with Crippen LogP contribution in [0, 0.1) is 0 Å². The fourth-order valence-corrected chi connectivity index (χ4v) is 0.836. The third kappa shape index (κ3) is 2.30. The van der Waals surface area contributed by atoms with Crippen molar-refractivity contribution in [2.45, 2.75) is 19.2 Å². The molecule has 0 saturated carbocycles. The van der Waals surface area contributed by atoms with E-state index in [4.69, 9.17) is 16.6 Å². The molecule has 6 N–H and O–H groups in total. The van der Waals surface area contributed by atoms with Crippen molar-refractivity contribution in [3.8, 4) is 0 Å². The van der Waals surface area contributed by atoms with E-state index in [9.17, 15) is 0 Å². The second kappa shape index (κ2) is 3.47. The molecular formula is C6H12N4O. The molecule has 0 unspecified atom stereocenters. The Kier molecular flexibility index (Phi) is 2.58. The lowest BCUT2D eigenvalue weighted by Gasteiger charge is -1.98. The lowest BCUT2D eigenvalue weighted by atomic mass is 10.2. The summed E-state index contributed by atoms with van der Waals surface area (Å²) in [5.74, 6) is 0. The monoisotopic (exact) mass is 156 g/mol. The highest BCUT2D eigenvalue weighted by molar-refractivity contribution is 5.08. The second-order valence-corrected chi connectivity index (χ2v) is 2.41. The zero-order valence-electron chi connectivity index (χ0n) is 6.12. The predicted octanol–water partition coefficient (Wildman–Crippen LogP) is -1.31. The van der Waals surface area contributed by atoms with Crippen LogP contribution in [0.15, 0.2) is 6.07 Å². The molecule has 0 bridgehead atoms. The molecule has 0 radical (unpaired) electrons. The fraction of sp³-hybridized carbons (Fsp3) is 0.500. The van der Waals surface area contributed by atoms with Crippen LogP contribution in [0.2, 0.25) is 0 Å². The molecule has 0 aliphatic rings. The van der Waals surface area contributed by atoms with Gasteiger partial charge < -0.3 is 16.6 Å². The van der Waals surface area contributed by atoms with E-state index in [0.29, 0.717) is 12.1 Å². The van der Waals surface area contributed by atoms with Crippen molar-refractivity contribution in [2.75, 3.05) is 0 Å². The highest BCUT2D eigenvalue weighted by Crippen LogP contribution is 1.99. The number of aliphatic hydroxyl groups is 1. The molecule has 0 aliphatic carbocycles. The molecule has 1 heterocycles. The average Bonchev–Trinajstić information content (AvgIpc) is 2.34.